The Hall–Kier alpha value is -3.18. The number of nitriles is 1. The van der Waals surface area contributed by atoms with Gasteiger partial charge in [-0.3, -0.25) is 9.59 Å². The van der Waals surface area contributed by atoms with E-state index in [9.17, 15) is 9.59 Å². The molecular formula is C24H29N5O3. The molecule has 1 saturated heterocycles. The highest BCUT2D eigenvalue weighted by Crippen LogP contribution is 2.27. The number of nitrogens with zero attached hydrogens (tertiary/aromatic N) is 4. The Morgan fingerprint density at radius 2 is 2.12 bits per heavy atom. The first-order valence-electron chi connectivity index (χ1n) is 11.2. The van der Waals surface area contributed by atoms with Crippen molar-refractivity contribution in [1.82, 2.24) is 19.8 Å². The minimum absolute atomic E-state index is 0.0278. The van der Waals surface area contributed by atoms with Crippen molar-refractivity contribution in [1.29, 1.82) is 5.26 Å². The van der Waals surface area contributed by atoms with Crippen molar-refractivity contribution in [3.05, 3.63) is 52.6 Å². The van der Waals surface area contributed by atoms with Crippen molar-refractivity contribution in [3.63, 3.8) is 0 Å². The molecule has 32 heavy (non-hydrogen) atoms. The molecule has 8 heteroatoms. The maximum Gasteiger partial charge on any atom is 0.268 e. The molecule has 2 aliphatic heterocycles. The van der Waals surface area contributed by atoms with E-state index in [1.54, 1.807) is 18.3 Å². The van der Waals surface area contributed by atoms with Crippen molar-refractivity contribution in [2.45, 2.75) is 58.8 Å². The highest BCUT2D eigenvalue weighted by atomic mass is 16.5. The van der Waals surface area contributed by atoms with E-state index >= 15 is 0 Å². The zero-order chi connectivity index (χ0) is 22.8. The average molecular weight is 436 g/mol. The summed E-state index contributed by atoms with van der Waals surface area (Å²) in [5.74, 6) is -0.149. The third-order valence-electron chi connectivity index (χ3n) is 6.40. The highest BCUT2D eigenvalue weighted by Gasteiger charge is 2.32. The molecule has 2 aliphatic rings. The number of likely N-dealkylation sites (tertiary alicyclic amines) is 1. The molecule has 0 saturated carbocycles. The molecule has 4 rings (SSSR count). The van der Waals surface area contributed by atoms with Gasteiger partial charge in [0.05, 0.1) is 30.5 Å². The molecule has 4 heterocycles. The van der Waals surface area contributed by atoms with Gasteiger partial charge in [-0.25, -0.2) is 4.98 Å². The minimum atomic E-state index is -0.272. The van der Waals surface area contributed by atoms with Crippen molar-refractivity contribution >= 4 is 11.8 Å². The van der Waals surface area contributed by atoms with E-state index in [4.69, 9.17) is 10.00 Å². The summed E-state index contributed by atoms with van der Waals surface area (Å²) in [4.78, 5) is 32.7. The Labute approximate surface area is 188 Å². The molecule has 0 unspecified atom stereocenters. The van der Waals surface area contributed by atoms with E-state index in [2.05, 4.69) is 17.2 Å². The summed E-state index contributed by atoms with van der Waals surface area (Å²) in [6.45, 7) is 8.21. The summed E-state index contributed by atoms with van der Waals surface area (Å²) in [5.41, 5.74) is 2.98. The van der Waals surface area contributed by atoms with E-state index in [0.29, 0.717) is 36.7 Å². The smallest absolute Gasteiger partial charge is 0.268 e. The number of amides is 2. The second-order valence-electron chi connectivity index (χ2n) is 8.87. The summed E-state index contributed by atoms with van der Waals surface area (Å²) < 4.78 is 7.54. The molecule has 0 bridgehead atoms. The first-order chi connectivity index (χ1) is 15.4. The fourth-order valence-electron chi connectivity index (χ4n) is 4.59. The summed E-state index contributed by atoms with van der Waals surface area (Å²) >= 11 is 0. The highest BCUT2D eigenvalue weighted by molar-refractivity contribution is 6.01. The van der Waals surface area contributed by atoms with Gasteiger partial charge in [0, 0.05) is 25.3 Å². The van der Waals surface area contributed by atoms with Gasteiger partial charge in [0.1, 0.15) is 17.5 Å². The topological polar surface area (TPSA) is 100 Å². The van der Waals surface area contributed by atoms with Crippen LogP contribution in [0.5, 0.6) is 0 Å². The fraction of sp³-hybridized carbons (Fsp3) is 0.500. The number of hydrogen-bond donors (Lipinski definition) is 1. The SMILES string of the molecule is CC(C)[C@@H](NC(=O)c1cc(C(=O)N2CCC[C@@H]2C)c2n1CCOC2)c1ccc(C#N)nc1. The second-order valence-corrected chi connectivity index (χ2v) is 8.87. The van der Waals surface area contributed by atoms with E-state index in [-0.39, 0.29) is 29.8 Å². The monoisotopic (exact) mass is 435 g/mol. The molecular weight excluding hydrogens is 406 g/mol. The zero-order valence-electron chi connectivity index (χ0n) is 18.8. The Morgan fingerprint density at radius 1 is 1.31 bits per heavy atom. The quantitative estimate of drug-likeness (QED) is 0.778. The van der Waals surface area contributed by atoms with Crippen LogP contribution < -0.4 is 5.32 Å². The molecule has 1 fully saturated rings. The molecule has 168 valence electrons. The van der Waals surface area contributed by atoms with Crippen molar-refractivity contribution in [2.75, 3.05) is 13.2 Å². The maximum absolute atomic E-state index is 13.4. The van der Waals surface area contributed by atoms with Crippen LogP contribution in [0.15, 0.2) is 24.4 Å². The number of carbonyl (C=O) groups is 2. The number of ether oxygens (including phenoxy) is 1. The first-order valence-corrected chi connectivity index (χ1v) is 11.2. The molecule has 2 amide bonds. The summed E-state index contributed by atoms with van der Waals surface area (Å²) in [6.07, 6.45) is 3.64. The zero-order valence-corrected chi connectivity index (χ0v) is 18.8. The molecule has 2 aromatic heterocycles. The van der Waals surface area contributed by atoms with Gasteiger partial charge in [-0.15, -0.1) is 0 Å². The number of hydrogen-bond acceptors (Lipinski definition) is 5. The lowest BCUT2D eigenvalue weighted by Gasteiger charge is -2.24. The van der Waals surface area contributed by atoms with Gasteiger partial charge in [-0.1, -0.05) is 19.9 Å². The van der Waals surface area contributed by atoms with Gasteiger partial charge in [-0.2, -0.15) is 5.26 Å². The third-order valence-corrected chi connectivity index (χ3v) is 6.40. The van der Waals surface area contributed by atoms with Gasteiger partial charge in [0.15, 0.2) is 0 Å². The number of fused-ring (bicyclic) bond motifs is 1. The van der Waals surface area contributed by atoms with Crippen LogP contribution in [0.3, 0.4) is 0 Å². The molecule has 1 N–H and O–H groups in total. The number of aromatic nitrogens is 2. The number of rotatable bonds is 5. The van der Waals surface area contributed by atoms with Crippen LogP contribution in [-0.4, -0.2) is 45.5 Å². The van der Waals surface area contributed by atoms with Gasteiger partial charge in [0.2, 0.25) is 0 Å². The van der Waals surface area contributed by atoms with Crippen LogP contribution in [0, 0.1) is 17.2 Å². The van der Waals surface area contributed by atoms with E-state index in [1.807, 2.05) is 35.5 Å². The van der Waals surface area contributed by atoms with Crippen LogP contribution >= 0.6 is 0 Å². The van der Waals surface area contributed by atoms with Gasteiger partial charge in [0.25, 0.3) is 11.8 Å². The van der Waals surface area contributed by atoms with Gasteiger partial charge < -0.3 is 19.5 Å². The van der Waals surface area contributed by atoms with Crippen molar-refractivity contribution < 1.29 is 14.3 Å². The van der Waals surface area contributed by atoms with E-state index in [0.717, 1.165) is 30.6 Å². The predicted molar refractivity (Wildman–Crippen MR) is 118 cm³/mol. The van der Waals surface area contributed by atoms with E-state index < -0.39 is 0 Å². The first kappa shape index (κ1) is 22.0. The normalized spacial score (nSPS) is 18.8. The summed E-state index contributed by atoms with van der Waals surface area (Å²) in [5, 5.41) is 12.1. The molecule has 8 nitrogen and oxygen atoms in total. The second kappa shape index (κ2) is 9.13. The Bertz CT molecular complexity index is 1050. The lowest BCUT2D eigenvalue weighted by Crippen LogP contribution is -2.34. The van der Waals surface area contributed by atoms with Gasteiger partial charge >= 0.3 is 0 Å². The van der Waals surface area contributed by atoms with Gasteiger partial charge in [-0.05, 0) is 43.4 Å². The Balaban J connectivity index is 1.63. The molecule has 0 aliphatic carbocycles. The summed E-state index contributed by atoms with van der Waals surface area (Å²) in [7, 11) is 0. The van der Waals surface area contributed by atoms with Crippen LogP contribution in [0.1, 0.15) is 77.5 Å². The Morgan fingerprint density at radius 3 is 2.75 bits per heavy atom. The standard InChI is InChI=1S/C24H29N5O3/c1-15(2)22(17-6-7-18(12-25)26-13-17)27-23(30)20-11-19(21-14-32-10-9-29(20)21)24(31)28-8-4-5-16(28)3/h6-7,11,13,15-16,22H,4-5,8-10,14H2,1-3H3,(H,27,30)/t16-,22+/m0/s1. The van der Waals surface area contributed by atoms with Crippen LogP contribution in [0.2, 0.25) is 0 Å². The van der Waals surface area contributed by atoms with Crippen LogP contribution in [0.4, 0.5) is 0 Å². The Kier molecular flexibility index (Phi) is 6.28. The lowest BCUT2D eigenvalue weighted by atomic mass is 9.97. The predicted octanol–water partition coefficient (Wildman–Crippen LogP) is 3.04. The number of nitrogens with one attached hydrogen (secondary N) is 1. The molecule has 0 spiro atoms. The average Bonchev–Trinajstić information content (AvgIpc) is 3.40. The molecule has 2 atom stereocenters. The number of pyridine rings is 1. The molecule has 2 aromatic rings. The molecule has 0 aromatic carbocycles. The third kappa shape index (κ3) is 4.13. The fourth-order valence-corrected chi connectivity index (χ4v) is 4.59. The van der Waals surface area contributed by atoms with E-state index in [1.165, 1.54) is 0 Å². The minimum Gasteiger partial charge on any atom is -0.373 e. The van der Waals surface area contributed by atoms with Crippen LogP contribution in [-0.2, 0) is 17.9 Å². The number of carbonyl (C=O) groups excluding carboxylic acids is 2. The molecule has 0 radical (unpaired) electrons. The van der Waals surface area contributed by atoms with Crippen molar-refractivity contribution in [2.24, 2.45) is 5.92 Å². The largest absolute Gasteiger partial charge is 0.373 e. The van der Waals surface area contributed by atoms with Crippen molar-refractivity contribution in [3.8, 4) is 6.07 Å². The van der Waals surface area contributed by atoms with Crippen LogP contribution in [0.25, 0.3) is 0 Å². The summed E-state index contributed by atoms with van der Waals surface area (Å²) in [6, 6.07) is 7.14. The lowest BCUT2D eigenvalue weighted by molar-refractivity contribution is 0.0696. The maximum atomic E-state index is 13.4.